The Kier molecular flexibility index (Phi) is 15.3. The summed E-state index contributed by atoms with van der Waals surface area (Å²) < 4.78 is 58.9. The zero-order chi connectivity index (χ0) is 21.5. The van der Waals surface area contributed by atoms with Crippen LogP contribution in [-0.4, -0.2) is 37.6 Å². The summed E-state index contributed by atoms with van der Waals surface area (Å²) in [6.07, 6.45) is 20.5. The third-order valence-corrected chi connectivity index (χ3v) is 6.07. The van der Waals surface area contributed by atoms with Crippen LogP contribution in [0.25, 0.3) is 0 Å². The van der Waals surface area contributed by atoms with Gasteiger partial charge in [-0.1, -0.05) is 65.2 Å². The minimum atomic E-state index is -6.09. The van der Waals surface area contributed by atoms with E-state index in [1.807, 2.05) is 4.90 Å². The second-order valence-corrected chi connectivity index (χ2v) is 9.21. The summed E-state index contributed by atoms with van der Waals surface area (Å²) in [6, 6.07) is 0.988. The normalized spacial score (nSPS) is 20.5. The van der Waals surface area contributed by atoms with Crippen LogP contribution < -0.4 is 4.90 Å². The zero-order valence-electron chi connectivity index (χ0n) is 17.7. The molecule has 28 heavy (non-hydrogen) atoms. The van der Waals surface area contributed by atoms with Crippen molar-refractivity contribution in [2.75, 3.05) is 13.1 Å². The first-order valence-electron chi connectivity index (χ1n) is 11.0. The van der Waals surface area contributed by atoms with Crippen LogP contribution in [0, 0.1) is 0 Å². The number of alkyl halides is 3. The molecule has 1 aliphatic rings. The van der Waals surface area contributed by atoms with Crippen LogP contribution in [0.4, 0.5) is 13.2 Å². The van der Waals surface area contributed by atoms with Gasteiger partial charge in [0.05, 0.1) is 19.1 Å². The molecule has 8 heteroatoms. The number of piperidine rings is 1. The van der Waals surface area contributed by atoms with E-state index in [0.717, 1.165) is 6.04 Å². The molecule has 1 aliphatic heterocycles. The molecule has 1 N–H and O–H groups in total. The highest BCUT2D eigenvalue weighted by molar-refractivity contribution is 7.86. The lowest BCUT2D eigenvalue weighted by Crippen LogP contribution is -3.16. The maximum atomic E-state index is 10.7. The molecule has 0 spiro atoms. The number of halogens is 3. The lowest BCUT2D eigenvalue weighted by Gasteiger charge is -2.32. The molecule has 1 saturated heterocycles. The average Bonchev–Trinajstić information content (AvgIpc) is 2.62. The van der Waals surface area contributed by atoms with Crippen LogP contribution in [0.15, 0.2) is 0 Å². The molecule has 0 saturated carbocycles. The van der Waals surface area contributed by atoms with Gasteiger partial charge in [-0.15, -0.1) is 0 Å². The highest BCUT2D eigenvalue weighted by Crippen LogP contribution is 2.20. The molecule has 4 nitrogen and oxygen atoms in total. The fourth-order valence-corrected chi connectivity index (χ4v) is 3.81. The summed E-state index contributed by atoms with van der Waals surface area (Å²) in [5.74, 6) is 0. The second kappa shape index (κ2) is 15.5. The summed E-state index contributed by atoms with van der Waals surface area (Å²) >= 11 is 0. The van der Waals surface area contributed by atoms with Crippen molar-refractivity contribution in [2.45, 2.75) is 115 Å². The molecular weight excluding hydrogens is 391 g/mol. The van der Waals surface area contributed by atoms with E-state index in [-0.39, 0.29) is 0 Å². The molecule has 0 aromatic rings. The van der Waals surface area contributed by atoms with Crippen molar-refractivity contribution < 1.29 is 31.0 Å². The van der Waals surface area contributed by atoms with E-state index in [1.54, 1.807) is 0 Å². The van der Waals surface area contributed by atoms with Crippen LogP contribution >= 0.6 is 0 Å². The lowest BCUT2D eigenvalue weighted by atomic mass is 9.99. The molecule has 0 amide bonds. The maximum Gasteiger partial charge on any atom is 0.485 e. The molecule has 2 atom stereocenters. The van der Waals surface area contributed by atoms with E-state index in [2.05, 4.69) is 13.8 Å². The molecule has 1 heterocycles. The van der Waals surface area contributed by atoms with Gasteiger partial charge in [0.25, 0.3) is 0 Å². The molecular formula is C20H40F3NO3S. The van der Waals surface area contributed by atoms with Crippen molar-refractivity contribution in [3.05, 3.63) is 0 Å². The summed E-state index contributed by atoms with van der Waals surface area (Å²) in [7, 11) is -6.09. The van der Waals surface area contributed by atoms with Gasteiger partial charge >= 0.3 is 5.51 Å². The first-order chi connectivity index (χ1) is 13.1. The first-order valence-corrected chi connectivity index (χ1v) is 12.4. The summed E-state index contributed by atoms with van der Waals surface area (Å²) in [4.78, 5) is 1.93. The van der Waals surface area contributed by atoms with E-state index in [9.17, 15) is 13.2 Å². The fraction of sp³-hybridized carbons (Fsp3) is 1.00. The second-order valence-electron chi connectivity index (χ2n) is 7.84. The number of hydrogen-bond acceptors (Lipinski definition) is 3. The number of unbranched alkanes of at least 4 members (excludes halogenated alkanes) is 9. The Labute approximate surface area is 170 Å². The zero-order valence-corrected chi connectivity index (χ0v) is 18.5. The molecule has 2 unspecified atom stereocenters. The Bertz CT molecular complexity index is 470. The molecule has 0 aromatic heterocycles. The molecule has 170 valence electrons. The fourth-order valence-electron chi connectivity index (χ4n) is 3.81. The highest BCUT2D eigenvalue weighted by atomic mass is 32.2. The van der Waals surface area contributed by atoms with Gasteiger partial charge in [-0.3, -0.25) is 0 Å². The van der Waals surface area contributed by atoms with Gasteiger partial charge in [0.1, 0.15) is 0 Å². The Balaban J connectivity index is 0.000000769. The van der Waals surface area contributed by atoms with E-state index >= 15 is 0 Å². The Morgan fingerprint density at radius 2 is 1.36 bits per heavy atom. The number of likely N-dealkylation sites (tertiary alicyclic amines) is 1. The van der Waals surface area contributed by atoms with Crippen LogP contribution in [0.1, 0.15) is 104 Å². The average molecular weight is 432 g/mol. The van der Waals surface area contributed by atoms with Crippen molar-refractivity contribution in [3.8, 4) is 0 Å². The van der Waals surface area contributed by atoms with Gasteiger partial charge in [0.2, 0.25) is 0 Å². The van der Waals surface area contributed by atoms with E-state index in [4.69, 9.17) is 13.0 Å². The minimum absolute atomic E-state index is 0.988. The summed E-state index contributed by atoms with van der Waals surface area (Å²) in [6.45, 7) is 7.59. The van der Waals surface area contributed by atoms with Crippen LogP contribution in [0.2, 0.25) is 0 Å². The largest absolute Gasteiger partial charge is 0.741 e. The van der Waals surface area contributed by atoms with Crippen LogP contribution in [-0.2, 0) is 10.1 Å². The molecule has 1 fully saturated rings. The third-order valence-electron chi connectivity index (χ3n) is 5.51. The Morgan fingerprint density at radius 3 is 1.79 bits per heavy atom. The highest BCUT2D eigenvalue weighted by Gasteiger charge is 2.36. The molecule has 0 bridgehead atoms. The standard InChI is InChI=1S/C19H39N.CHF3O3S/c1-3-5-6-7-8-9-10-11-12-14-17-20-18-15-13-16-19(20)4-2;2-1(3,4)8(5,6)7/h19H,3-18H2,1-2H3;(H,5,6,7). The Morgan fingerprint density at radius 1 is 0.893 bits per heavy atom. The van der Waals surface area contributed by atoms with Crippen LogP contribution in [0.5, 0.6) is 0 Å². The Hall–Kier alpha value is -0.340. The van der Waals surface area contributed by atoms with Crippen molar-refractivity contribution in [3.63, 3.8) is 0 Å². The van der Waals surface area contributed by atoms with Gasteiger partial charge in [0, 0.05) is 0 Å². The van der Waals surface area contributed by atoms with E-state index in [1.165, 1.54) is 103 Å². The van der Waals surface area contributed by atoms with E-state index in [0.29, 0.717) is 0 Å². The van der Waals surface area contributed by atoms with Gasteiger partial charge in [-0.25, -0.2) is 8.42 Å². The number of rotatable bonds is 12. The monoisotopic (exact) mass is 431 g/mol. The lowest BCUT2D eigenvalue weighted by molar-refractivity contribution is -0.931. The smallest absolute Gasteiger partial charge is 0.485 e. The summed E-state index contributed by atoms with van der Waals surface area (Å²) in [5.41, 5.74) is -5.65. The van der Waals surface area contributed by atoms with Crippen molar-refractivity contribution in [2.24, 2.45) is 0 Å². The predicted octanol–water partition coefficient (Wildman–Crippen LogP) is 4.81. The maximum absolute atomic E-state index is 10.7. The van der Waals surface area contributed by atoms with E-state index < -0.39 is 15.6 Å². The molecule has 0 aliphatic carbocycles. The van der Waals surface area contributed by atoms with Gasteiger partial charge in [0.15, 0.2) is 10.1 Å². The SMILES string of the molecule is CCCCCCCCCCCC[NH+]1CCCCC1CC.O=S(=O)([O-])C(F)(F)F. The molecule has 0 radical (unpaired) electrons. The van der Waals surface area contributed by atoms with Gasteiger partial charge in [-0.2, -0.15) is 13.2 Å². The quantitative estimate of drug-likeness (QED) is 0.274. The van der Waals surface area contributed by atoms with Crippen molar-refractivity contribution in [1.29, 1.82) is 0 Å². The van der Waals surface area contributed by atoms with Crippen molar-refractivity contribution in [1.82, 2.24) is 0 Å². The number of nitrogens with one attached hydrogen (secondary N) is 1. The molecule has 1 rings (SSSR count). The summed E-state index contributed by atoms with van der Waals surface area (Å²) in [5, 5.41) is 0. The van der Waals surface area contributed by atoms with Gasteiger partial charge < -0.3 is 9.45 Å². The topological polar surface area (TPSA) is 61.6 Å². The third kappa shape index (κ3) is 13.8. The van der Waals surface area contributed by atoms with Gasteiger partial charge in [-0.05, 0) is 38.5 Å². The predicted molar refractivity (Wildman–Crippen MR) is 106 cm³/mol. The minimum Gasteiger partial charge on any atom is -0.741 e. The number of hydrogen-bond donors (Lipinski definition) is 1. The molecule has 0 aromatic carbocycles. The van der Waals surface area contributed by atoms with Crippen LogP contribution in [0.3, 0.4) is 0 Å². The number of quaternary nitrogens is 1. The first kappa shape index (κ1) is 27.7. The van der Waals surface area contributed by atoms with Crippen molar-refractivity contribution >= 4 is 10.1 Å².